The van der Waals surface area contributed by atoms with Crippen LogP contribution in [0.1, 0.15) is 21.5 Å². The molecule has 0 bridgehead atoms. The van der Waals surface area contributed by atoms with E-state index in [1.807, 2.05) is 30.1 Å². The van der Waals surface area contributed by atoms with E-state index in [1.165, 1.54) is 35.8 Å². The van der Waals surface area contributed by atoms with E-state index < -0.39 is 17.7 Å². The molecule has 0 fully saturated rings. The Morgan fingerprint density at radius 2 is 1.66 bits per heavy atom. The van der Waals surface area contributed by atoms with Crippen LogP contribution >= 0.6 is 11.3 Å². The van der Waals surface area contributed by atoms with Crippen molar-refractivity contribution < 1.29 is 23.8 Å². The molecule has 4 rings (SSSR count). The first-order valence-electron chi connectivity index (χ1n) is 13.6. The van der Waals surface area contributed by atoms with Gasteiger partial charge in [0.2, 0.25) is 0 Å². The summed E-state index contributed by atoms with van der Waals surface area (Å²) in [5.74, 6) is -1.76. The van der Waals surface area contributed by atoms with E-state index in [1.54, 1.807) is 41.8 Å². The quantitative estimate of drug-likeness (QED) is 0.0526. The highest BCUT2D eigenvalue weighted by Gasteiger charge is 2.26. The Balaban J connectivity index is 1.76. The Bertz CT molecular complexity index is 1610. The largest absolute Gasteiger partial charge is 0.372 e. The molecule has 8 N–H and O–H groups in total. The monoisotopic (exact) mass is 619 g/mol. The van der Waals surface area contributed by atoms with E-state index in [9.17, 15) is 18.4 Å². The van der Waals surface area contributed by atoms with Crippen molar-refractivity contribution in [1.29, 1.82) is 5.41 Å². The number of nitrogens with one attached hydrogen (secondary N) is 4. The second-order valence-corrected chi connectivity index (χ2v) is 10.7. The van der Waals surface area contributed by atoms with Gasteiger partial charge in [0.1, 0.15) is 23.2 Å². The third-order valence-electron chi connectivity index (χ3n) is 6.50. The smallest absolute Gasteiger partial charge is 0.316 e. The Hall–Kier alpha value is -4.98. The lowest BCUT2D eigenvalue weighted by Crippen LogP contribution is -2.79. The average molecular weight is 620 g/mol. The molecule has 0 spiro atoms. The minimum atomic E-state index is -0.691. The fraction of sp³-hybridized carbons (Fsp3) is 0.161. The highest BCUT2D eigenvalue weighted by molar-refractivity contribution is 7.20. The summed E-state index contributed by atoms with van der Waals surface area (Å²) >= 11 is 1.29. The van der Waals surface area contributed by atoms with E-state index in [-0.39, 0.29) is 18.0 Å². The van der Waals surface area contributed by atoms with Crippen LogP contribution in [0.15, 0.2) is 77.9 Å². The molecule has 0 unspecified atom stereocenters. The molecule has 228 valence electrons. The summed E-state index contributed by atoms with van der Waals surface area (Å²) in [7, 11) is 1.91. The molecule has 10 nitrogen and oxygen atoms in total. The minimum absolute atomic E-state index is 0.140. The van der Waals surface area contributed by atoms with Crippen LogP contribution in [0.5, 0.6) is 0 Å². The molecule has 1 aromatic heterocycles. The third-order valence-corrected chi connectivity index (χ3v) is 7.74. The predicted molar refractivity (Wildman–Crippen MR) is 171 cm³/mol. The molecular weight excluding hydrogens is 586 g/mol. The number of para-hydroxylation sites is 1. The number of rotatable bonds is 14. The normalized spacial score (nSPS) is 11.1. The molecule has 1 heterocycles. The van der Waals surface area contributed by atoms with Crippen molar-refractivity contribution in [2.24, 2.45) is 10.8 Å². The van der Waals surface area contributed by atoms with E-state index in [0.717, 1.165) is 16.7 Å². The van der Waals surface area contributed by atoms with Crippen LogP contribution in [-0.4, -0.2) is 49.4 Å². The van der Waals surface area contributed by atoms with E-state index in [4.69, 9.17) is 11.1 Å². The first kappa shape index (κ1) is 31.9. The Morgan fingerprint density at radius 3 is 2.32 bits per heavy atom. The number of anilines is 3. The van der Waals surface area contributed by atoms with E-state index in [2.05, 4.69) is 21.1 Å². The minimum Gasteiger partial charge on any atom is -0.372 e. The van der Waals surface area contributed by atoms with Gasteiger partial charge in [-0.1, -0.05) is 41.5 Å². The molecule has 3 aromatic carbocycles. The van der Waals surface area contributed by atoms with Crippen LogP contribution < -0.4 is 27.1 Å². The summed E-state index contributed by atoms with van der Waals surface area (Å²) in [5, 5.41) is 20.2. The van der Waals surface area contributed by atoms with Gasteiger partial charge < -0.3 is 27.1 Å². The molecule has 0 radical (unpaired) electrons. The maximum absolute atomic E-state index is 14.5. The topological polar surface area (TPSA) is 152 Å². The summed E-state index contributed by atoms with van der Waals surface area (Å²) in [6, 6.07) is 19.0. The summed E-state index contributed by atoms with van der Waals surface area (Å²) < 4.78 is 29.0. The second kappa shape index (κ2) is 15.5. The first-order valence-corrected chi connectivity index (χ1v) is 14.5. The summed E-state index contributed by atoms with van der Waals surface area (Å²) in [6.45, 7) is 1.40. The Kier molecular flexibility index (Phi) is 11.2. The maximum atomic E-state index is 14.5. The zero-order valence-corrected chi connectivity index (χ0v) is 24.8. The fourth-order valence-electron chi connectivity index (χ4n) is 4.45. The molecule has 0 aliphatic heterocycles. The van der Waals surface area contributed by atoms with Crippen molar-refractivity contribution in [3.8, 4) is 10.4 Å². The van der Waals surface area contributed by atoms with Crippen LogP contribution in [-0.2, 0) is 13.1 Å². The number of hydrogen-bond donors (Lipinski definition) is 6. The molecule has 0 aliphatic carbocycles. The second-order valence-electron chi connectivity index (χ2n) is 9.73. The summed E-state index contributed by atoms with van der Waals surface area (Å²) in [5.41, 5.74) is 9.76. The van der Waals surface area contributed by atoms with Crippen molar-refractivity contribution in [3.05, 3.63) is 101 Å². The molecular formula is C31H33F2N8O2S+. The van der Waals surface area contributed by atoms with Gasteiger partial charge in [-0.25, -0.2) is 19.0 Å². The molecule has 44 heavy (non-hydrogen) atoms. The predicted octanol–water partition coefficient (Wildman–Crippen LogP) is 4.68. The van der Waals surface area contributed by atoms with E-state index in [0.29, 0.717) is 47.1 Å². The molecule has 0 saturated carbocycles. The molecule has 4 aromatic rings. The van der Waals surface area contributed by atoms with Crippen molar-refractivity contribution in [2.45, 2.75) is 13.1 Å². The number of nitrogens with zero attached hydrogens (tertiary/aromatic N) is 2. The lowest BCUT2D eigenvalue weighted by molar-refractivity contribution is -0.660. The highest BCUT2D eigenvalue weighted by atomic mass is 32.1. The number of thiophene rings is 1. The lowest BCUT2D eigenvalue weighted by atomic mass is 10.0. The summed E-state index contributed by atoms with van der Waals surface area (Å²) in [4.78, 5) is 28.0. The van der Waals surface area contributed by atoms with Gasteiger partial charge in [-0.05, 0) is 54.6 Å². The number of amides is 3. The number of primary amides is 1. The Labute approximate surface area is 257 Å². The molecule has 3 amide bonds. The average Bonchev–Trinajstić information content (AvgIpc) is 3.35. The van der Waals surface area contributed by atoms with Gasteiger partial charge in [0, 0.05) is 47.7 Å². The number of hydrogen-bond acceptors (Lipinski definition) is 7. The van der Waals surface area contributed by atoms with Crippen molar-refractivity contribution in [2.75, 3.05) is 36.1 Å². The SMILES string of the molecule is CN(CC[NH2+]N=CC=N)Cc1c(-c2ccc(NC(N)=O)cc2)sc(NCc2c(F)cccc2F)c1C(=O)Nc1ccccc1. The van der Waals surface area contributed by atoms with Gasteiger partial charge in [-0.15, -0.1) is 11.3 Å². The van der Waals surface area contributed by atoms with Crippen molar-refractivity contribution in [3.63, 3.8) is 0 Å². The van der Waals surface area contributed by atoms with Crippen LogP contribution in [0.25, 0.3) is 10.4 Å². The van der Waals surface area contributed by atoms with Gasteiger partial charge in [0.25, 0.3) is 5.91 Å². The Morgan fingerprint density at radius 1 is 0.977 bits per heavy atom. The van der Waals surface area contributed by atoms with Crippen molar-refractivity contribution >= 4 is 52.1 Å². The third kappa shape index (κ3) is 8.53. The number of carbonyl (C=O) groups is 2. The van der Waals surface area contributed by atoms with Crippen LogP contribution in [0.2, 0.25) is 0 Å². The number of quaternary nitrogens is 1. The zero-order chi connectivity index (χ0) is 31.5. The fourth-order valence-corrected chi connectivity index (χ4v) is 5.66. The van der Waals surface area contributed by atoms with Gasteiger partial charge in [0.05, 0.1) is 11.8 Å². The van der Waals surface area contributed by atoms with Crippen LogP contribution in [0.3, 0.4) is 0 Å². The summed E-state index contributed by atoms with van der Waals surface area (Å²) in [6.07, 6.45) is 2.48. The maximum Gasteiger partial charge on any atom is 0.316 e. The molecule has 13 heteroatoms. The number of nitrogens with two attached hydrogens (primary N) is 2. The zero-order valence-electron chi connectivity index (χ0n) is 23.9. The standard InChI is InChI=1S/C31H32F2N8O2S/c1-41(17-16-38-37-15-14-34)19-24-27(29(42)39-21-6-3-2-4-7-21)30(36-18-23-25(32)8-5-9-26(23)33)44-28(24)20-10-12-22(13-11-20)40-31(35)43/h2-15,34,36,38H,16-19H2,1H3,(H,39,42)(H3,35,40,43)/p+1. The van der Waals surface area contributed by atoms with Crippen molar-refractivity contribution in [1.82, 2.24) is 4.90 Å². The number of carbonyl (C=O) groups excluding carboxylic acids is 2. The van der Waals surface area contributed by atoms with Crippen LogP contribution in [0, 0.1) is 17.0 Å². The van der Waals surface area contributed by atoms with Gasteiger partial charge in [0.15, 0.2) is 0 Å². The number of likely N-dealkylation sites (N-methyl/N-ethyl adjacent to an activating group) is 1. The number of urea groups is 1. The van der Waals surface area contributed by atoms with E-state index >= 15 is 0 Å². The molecule has 0 aliphatic rings. The van der Waals surface area contributed by atoms with Crippen LogP contribution in [0.4, 0.5) is 30.0 Å². The van der Waals surface area contributed by atoms with Gasteiger partial charge in [-0.2, -0.15) is 0 Å². The number of halogens is 2. The number of benzene rings is 3. The highest BCUT2D eigenvalue weighted by Crippen LogP contribution is 2.42. The van der Waals surface area contributed by atoms with Gasteiger partial charge >= 0.3 is 6.03 Å². The molecule has 0 saturated heterocycles. The molecule has 0 atom stereocenters. The lowest BCUT2D eigenvalue weighted by Gasteiger charge is -2.18. The first-order chi connectivity index (χ1) is 21.3. The van der Waals surface area contributed by atoms with Gasteiger partial charge in [-0.3, -0.25) is 9.69 Å².